The van der Waals surface area contributed by atoms with E-state index in [0.29, 0.717) is 17.3 Å². The Hall–Kier alpha value is -3.42. The van der Waals surface area contributed by atoms with Gasteiger partial charge >= 0.3 is 12.6 Å². The second kappa shape index (κ2) is 8.11. The number of nitrogens with zero attached hydrogens (tertiary/aromatic N) is 1. The number of benzene rings is 2. The molecule has 0 aliphatic rings. The van der Waals surface area contributed by atoms with Crippen molar-refractivity contribution in [3.8, 4) is 17.1 Å². The molecule has 134 valence electrons. The van der Waals surface area contributed by atoms with Crippen molar-refractivity contribution in [1.29, 1.82) is 0 Å². The number of urea groups is 1. The van der Waals surface area contributed by atoms with E-state index < -0.39 is 12.6 Å². The van der Waals surface area contributed by atoms with Gasteiger partial charge < -0.3 is 19.8 Å². The van der Waals surface area contributed by atoms with Crippen LogP contribution in [0.25, 0.3) is 11.3 Å². The van der Waals surface area contributed by atoms with Crippen molar-refractivity contribution in [1.82, 2.24) is 10.3 Å². The van der Waals surface area contributed by atoms with Gasteiger partial charge in [0, 0.05) is 11.3 Å². The molecule has 3 rings (SSSR count). The molecule has 0 saturated carbocycles. The number of aromatic nitrogens is 1. The van der Waals surface area contributed by atoms with Gasteiger partial charge in [0.1, 0.15) is 5.75 Å². The first-order chi connectivity index (χ1) is 12.6. The van der Waals surface area contributed by atoms with Crippen LogP contribution in [0.4, 0.5) is 19.3 Å². The minimum Gasteiger partial charge on any atom is -0.439 e. The highest BCUT2D eigenvalue weighted by Crippen LogP contribution is 2.20. The molecule has 6 nitrogen and oxygen atoms in total. The van der Waals surface area contributed by atoms with Crippen LogP contribution >= 0.6 is 0 Å². The number of oxazole rings is 1. The summed E-state index contributed by atoms with van der Waals surface area (Å²) in [5, 5.41) is 5.17. The van der Waals surface area contributed by atoms with Crippen molar-refractivity contribution in [3.63, 3.8) is 0 Å². The Morgan fingerprint density at radius 2 is 1.85 bits per heavy atom. The van der Waals surface area contributed by atoms with Crippen LogP contribution in [0.2, 0.25) is 0 Å². The lowest BCUT2D eigenvalue weighted by molar-refractivity contribution is -0.0498. The molecular weight excluding hydrogens is 344 g/mol. The van der Waals surface area contributed by atoms with E-state index >= 15 is 0 Å². The Morgan fingerprint density at radius 1 is 1.12 bits per heavy atom. The van der Waals surface area contributed by atoms with E-state index in [1.807, 2.05) is 30.3 Å². The summed E-state index contributed by atoms with van der Waals surface area (Å²) < 4.78 is 34.0. The van der Waals surface area contributed by atoms with Gasteiger partial charge in [-0.2, -0.15) is 8.78 Å². The third kappa shape index (κ3) is 4.79. The first-order valence-electron chi connectivity index (χ1n) is 7.70. The Morgan fingerprint density at radius 3 is 2.54 bits per heavy atom. The molecule has 2 N–H and O–H groups in total. The van der Waals surface area contributed by atoms with Crippen LogP contribution in [0, 0.1) is 0 Å². The molecule has 2 aromatic carbocycles. The van der Waals surface area contributed by atoms with E-state index in [1.54, 1.807) is 6.20 Å². The van der Waals surface area contributed by atoms with Crippen LogP contribution in [0.1, 0.15) is 5.89 Å². The van der Waals surface area contributed by atoms with Crippen LogP contribution in [0.15, 0.2) is 65.2 Å². The average Bonchev–Trinajstić information content (AvgIpc) is 3.11. The first-order valence-corrected chi connectivity index (χ1v) is 7.70. The number of ether oxygens (including phenoxy) is 1. The van der Waals surface area contributed by atoms with E-state index in [4.69, 9.17) is 4.42 Å². The molecule has 0 spiro atoms. The van der Waals surface area contributed by atoms with Gasteiger partial charge in [-0.15, -0.1) is 0 Å². The molecule has 1 heterocycles. The van der Waals surface area contributed by atoms with Crippen molar-refractivity contribution in [3.05, 3.63) is 66.7 Å². The normalized spacial score (nSPS) is 10.6. The molecule has 0 bridgehead atoms. The van der Waals surface area contributed by atoms with Crippen LogP contribution in [0.5, 0.6) is 5.75 Å². The summed E-state index contributed by atoms with van der Waals surface area (Å²) in [6.45, 7) is -2.79. The Labute approximate surface area is 147 Å². The van der Waals surface area contributed by atoms with Crippen LogP contribution in [-0.4, -0.2) is 17.6 Å². The Bertz CT molecular complexity index is 852. The molecule has 0 fully saturated rings. The van der Waals surface area contributed by atoms with Gasteiger partial charge in [-0.1, -0.05) is 30.3 Å². The van der Waals surface area contributed by atoms with Gasteiger partial charge in [0.25, 0.3) is 0 Å². The number of carbonyl (C=O) groups is 1. The van der Waals surface area contributed by atoms with E-state index in [-0.39, 0.29) is 12.3 Å². The molecule has 0 saturated heterocycles. The van der Waals surface area contributed by atoms with Crippen molar-refractivity contribution >= 4 is 11.7 Å². The average molecular weight is 359 g/mol. The number of hydrogen-bond acceptors (Lipinski definition) is 4. The van der Waals surface area contributed by atoms with Gasteiger partial charge in [0.05, 0.1) is 12.7 Å². The fraction of sp³-hybridized carbons (Fsp3) is 0.111. The number of amides is 2. The molecule has 0 aliphatic carbocycles. The van der Waals surface area contributed by atoms with Crippen LogP contribution < -0.4 is 15.4 Å². The lowest BCUT2D eigenvalue weighted by atomic mass is 10.2. The summed E-state index contributed by atoms with van der Waals surface area (Å²) in [7, 11) is 0. The van der Waals surface area contributed by atoms with Crippen molar-refractivity contribution in [2.75, 3.05) is 5.32 Å². The molecule has 1 aromatic heterocycles. The van der Waals surface area contributed by atoms with Crippen molar-refractivity contribution in [2.45, 2.75) is 13.2 Å². The molecule has 26 heavy (non-hydrogen) atoms. The van der Waals surface area contributed by atoms with Crippen molar-refractivity contribution in [2.24, 2.45) is 0 Å². The fourth-order valence-corrected chi connectivity index (χ4v) is 2.18. The first kappa shape index (κ1) is 17.4. The zero-order valence-corrected chi connectivity index (χ0v) is 13.5. The van der Waals surface area contributed by atoms with Gasteiger partial charge in [-0.3, -0.25) is 0 Å². The van der Waals surface area contributed by atoms with Crippen LogP contribution in [-0.2, 0) is 6.54 Å². The fourth-order valence-electron chi connectivity index (χ4n) is 2.18. The van der Waals surface area contributed by atoms with Crippen molar-refractivity contribution < 1.29 is 22.7 Å². The maximum Gasteiger partial charge on any atom is 0.387 e. The minimum atomic E-state index is -2.89. The number of anilines is 1. The van der Waals surface area contributed by atoms with E-state index in [2.05, 4.69) is 20.4 Å². The highest BCUT2D eigenvalue weighted by atomic mass is 19.3. The highest BCUT2D eigenvalue weighted by molar-refractivity contribution is 5.89. The summed E-state index contributed by atoms with van der Waals surface area (Å²) in [5.41, 5.74) is 1.32. The van der Waals surface area contributed by atoms with Gasteiger partial charge in [-0.25, -0.2) is 9.78 Å². The number of hydrogen-bond donors (Lipinski definition) is 2. The predicted octanol–water partition coefficient (Wildman–Crippen LogP) is 4.26. The molecule has 0 aliphatic heterocycles. The number of halogens is 2. The molecule has 0 atom stereocenters. The third-order valence-electron chi connectivity index (χ3n) is 3.35. The van der Waals surface area contributed by atoms with E-state index in [0.717, 1.165) is 5.56 Å². The highest BCUT2D eigenvalue weighted by Gasteiger charge is 2.09. The molecule has 2 amide bonds. The Kier molecular flexibility index (Phi) is 5.43. The van der Waals surface area contributed by atoms with E-state index in [1.165, 1.54) is 24.3 Å². The molecular formula is C18H15F2N3O3. The number of alkyl halides is 2. The molecule has 0 unspecified atom stereocenters. The predicted molar refractivity (Wildman–Crippen MR) is 90.9 cm³/mol. The quantitative estimate of drug-likeness (QED) is 0.689. The second-order valence-electron chi connectivity index (χ2n) is 5.19. The minimum absolute atomic E-state index is 0.0131. The van der Waals surface area contributed by atoms with Gasteiger partial charge in [0.15, 0.2) is 5.76 Å². The summed E-state index contributed by atoms with van der Waals surface area (Å²) in [6, 6.07) is 14.6. The standard InChI is InChI=1S/C18H15F2N3O3/c19-17(20)25-14-8-6-13(7-9-14)23-18(24)22-11-16-21-10-15(26-16)12-4-2-1-3-5-12/h1-10,17H,11H2,(H2,22,23,24). The zero-order chi connectivity index (χ0) is 18.4. The molecule has 0 radical (unpaired) electrons. The lowest BCUT2D eigenvalue weighted by Crippen LogP contribution is -2.28. The lowest BCUT2D eigenvalue weighted by Gasteiger charge is -2.08. The molecule has 3 aromatic rings. The maximum atomic E-state index is 12.1. The van der Waals surface area contributed by atoms with Gasteiger partial charge in [-0.05, 0) is 24.3 Å². The summed E-state index contributed by atoms with van der Waals surface area (Å²) >= 11 is 0. The SMILES string of the molecule is O=C(NCc1ncc(-c2ccccc2)o1)Nc1ccc(OC(F)F)cc1. The monoisotopic (exact) mass is 359 g/mol. The number of rotatable bonds is 6. The zero-order valence-electron chi connectivity index (χ0n) is 13.5. The molecule has 8 heteroatoms. The maximum absolute atomic E-state index is 12.1. The Balaban J connectivity index is 1.50. The number of carbonyl (C=O) groups excluding carboxylic acids is 1. The second-order valence-corrected chi connectivity index (χ2v) is 5.19. The topological polar surface area (TPSA) is 76.4 Å². The third-order valence-corrected chi connectivity index (χ3v) is 3.35. The van der Waals surface area contributed by atoms with E-state index in [9.17, 15) is 13.6 Å². The van der Waals surface area contributed by atoms with Gasteiger partial charge in [0.2, 0.25) is 5.89 Å². The summed E-state index contributed by atoms with van der Waals surface area (Å²) in [4.78, 5) is 16.0. The summed E-state index contributed by atoms with van der Waals surface area (Å²) in [6.07, 6.45) is 1.59. The number of nitrogens with one attached hydrogen (secondary N) is 2. The summed E-state index contributed by atoms with van der Waals surface area (Å²) in [5.74, 6) is 0.983. The van der Waals surface area contributed by atoms with Crippen LogP contribution in [0.3, 0.4) is 0 Å². The largest absolute Gasteiger partial charge is 0.439 e. The smallest absolute Gasteiger partial charge is 0.387 e.